The predicted molar refractivity (Wildman–Crippen MR) is 69.2 cm³/mol. The van der Waals surface area contributed by atoms with Gasteiger partial charge in [0, 0.05) is 17.5 Å². The summed E-state index contributed by atoms with van der Waals surface area (Å²) in [6, 6.07) is 3.93. The Hall–Kier alpha value is -1.95. The number of nitrogens with zero attached hydrogens (tertiary/aromatic N) is 4. The van der Waals surface area contributed by atoms with Gasteiger partial charge in [0.15, 0.2) is 0 Å². The zero-order chi connectivity index (χ0) is 12.5. The average molecular weight is 260 g/mol. The maximum atomic E-state index is 5.31. The molecule has 0 saturated heterocycles. The third-order valence-corrected chi connectivity index (χ3v) is 3.31. The molecule has 0 unspecified atom stereocenters. The van der Waals surface area contributed by atoms with Gasteiger partial charge in [-0.2, -0.15) is 21.4 Å². The number of aryl methyl sites for hydroxylation is 2. The molecule has 0 N–H and O–H groups in total. The number of thiophene rings is 1. The second-order valence-electron chi connectivity index (χ2n) is 3.92. The molecule has 92 valence electrons. The van der Waals surface area contributed by atoms with Crippen LogP contribution in [0.1, 0.15) is 12.6 Å². The van der Waals surface area contributed by atoms with E-state index >= 15 is 0 Å². The van der Waals surface area contributed by atoms with E-state index in [9.17, 15) is 0 Å². The monoisotopic (exact) mass is 260 g/mol. The molecule has 0 aliphatic carbocycles. The van der Waals surface area contributed by atoms with Crippen LogP contribution >= 0.6 is 11.3 Å². The number of aromatic nitrogens is 4. The van der Waals surface area contributed by atoms with Gasteiger partial charge in [-0.05, 0) is 31.4 Å². The van der Waals surface area contributed by atoms with Gasteiger partial charge in [0.2, 0.25) is 5.82 Å². The van der Waals surface area contributed by atoms with Crippen LogP contribution in [0.5, 0.6) is 0 Å². The van der Waals surface area contributed by atoms with Gasteiger partial charge in [0.05, 0.1) is 5.69 Å². The van der Waals surface area contributed by atoms with Gasteiger partial charge in [-0.1, -0.05) is 5.16 Å². The van der Waals surface area contributed by atoms with Crippen molar-refractivity contribution >= 4 is 11.3 Å². The van der Waals surface area contributed by atoms with Crippen LogP contribution in [0.15, 0.2) is 27.4 Å². The summed E-state index contributed by atoms with van der Waals surface area (Å²) in [5, 5.41) is 12.4. The molecule has 0 spiro atoms. The van der Waals surface area contributed by atoms with E-state index in [0.29, 0.717) is 11.7 Å². The van der Waals surface area contributed by atoms with Gasteiger partial charge in [-0.15, -0.1) is 0 Å². The minimum absolute atomic E-state index is 0.513. The van der Waals surface area contributed by atoms with Crippen molar-refractivity contribution in [3.63, 3.8) is 0 Å². The second-order valence-corrected chi connectivity index (χ2v) is 4.70. The Morgan fingerprint density at radius 2 is 2.33 bits per heavy atom. The summed E-state index contributed by atoms with van der Waals surface area (Å²) in [6.07, 6.45) is 0. The Balaban J connectivity index is 2.02. The summed E-state index contributed by atoms with van der Waals surface area (Å²) in [4.78, 5) is 4.41. The first-order valence-corrected chi connectivity index (χ1v) is 6.63. The third-order valence-electron chi connectivity index (χ3n) is 2.63. The molecule has 0 aliphatic heterocycles. The number of rotatable bonds is 3. The van der Waals surface area contributed by atoms with Crippen molar-refractivity contribution in [1.29, 1.82) is 0 Å². The maximum absolute atomic E-state index is 5.31. The first-order chi connectivity index (χ1) is 8.78. The zero-order valence-electron chi connectivity index (χ0n) is 10.1. The van der Waals surface area contributed by atoms with Crippen molar-refractivity contribution in [2.24, 2.45) is 0 Å². The molecule has 3 aromatic heterocycles. The summed E-state index contributed by atoms with van der Waals surface area (Å²) >= 11 is 1.61. The Labute approximate surface area is 108 Å². The van der Waals surface area contributed by atoms with E-state index < -0.39 is 0 Å². The molecule has 18 heavy (non-hydrogen) atoms. The molecule has 5 nitrogen and oxygen atoms in total. The molecule has 0 saturated carbocycles. The van der Waals surface area contributed by atoms with Crippen LogP contribution in [0, 0.1) is 6.92 Å². The summed E-state index contributed by atoms with van der Waals surface area (Å²) < 4.78 is 7.17. The smallest absolute Gasteiger partial charge is 0.276 e. The highest BCUT2D eigenvalue weighted by atomic mass is 32.1. The van der Waals surface area contributed by atoms with Gasteiger partial charge in [0.25, 0.3) is 5.89 Å². The molecule has 0 bridgehead atoms. The van der Waals surface area contributed by atoms with Crippen molar-refractivity contribution in [1.82, 2.24) is 19.9 Å². The molecular weight excluding hydrogens is 248 g/mol. The quantitative estimate of drug-likeness (QED) is 0.726. The first kappa shape index (κ1) is 11.2. The van der Waals surface area contributed by atoms with E-state index in [4.69, 9.17) is 4.52 Å². The second kappa shape index (κ2) is 4.38. The van der Waals surface area contributed by atoms with Crippen LogP contribution in [0.25, 0.3) is 23.0 Å². The predicted octanol–water partition coefficient (Wildman–Crippen LogP) is 2.99. The summed E-state index contributed by atoms with van der Waals surface area (Å²) in [5.74, 6) is 1.13. The Bertz CT molecular complexity index is 653. The molecule has 6 heteroatoms. The zero-order valence-corrected chi connectivity index (χ0v) is 10.9. The lowest BCUT2D eigenvalue weighted by Gasteiger charge is -1.97. The Morgan fingerprint density at radius 1 is 1.44 bits per heavy atom. The van der Waals surface area contributed by atoms with Crippen LogP contribution in [0.2, 0.25) is 0 Å². The van der Waals surface area contributed by atoms with Crippen molar-refractivity contribution in [2.45, 2.75) is 20.4 Å². The summed E-state index contributed by atoms with van der Waals surface area (Å²) in [5.41, 5.74) is 2.79. The van der Waals surface area contributed by atoms with E-state index in [-0.39, 0.29) is 0 Å². The molecule has 0 aliphatic rings. The topological polar surface area (TPSA) is 56.7 Å². The molecule has 0 fully saturated rings. The molecule has 0 aromatic carbocycles. The fourth-order valence-corrected chi connectivity index (χ4v) is 2.43. The maximum Gasteiger partial charge on any atom is 0.276 e. The molecular formula is C12H12N4OS. The SMILES string of the molecule is CCn1nc(C)cc1-c1nc(-c2ccsc2)no1. The average Bonchev–Trinajstić information content (AvgIpc) is 3.08. The van der Waals surface area contributed by atoms with Crippen LogP contribution in [-0.2, 0) is 6.54 Å². The Kier molecular flexibility index (Phi) is 2.71. The van der Waals surface area contributed by atoms with Gasteiger partial charge < -0.3 is 4.52 Å². The van der Waals surface area contributed by atoms with Crippen LogP contribution in [0.3, 0.4) is 0 Å². The highest BCUT2D eigenvalue weighted by Crippen LogP contribution is 2.24. The van der Waals surface area contributed by atoms with Gasteiger partial charge >= 0.3 is 0 Å². The highest BCUT2D eigenvalue weighted by Gasteiger charge is 2.15. The minimum Gasteiger partial charge on any atom is -0.332 e. The van der Waals surface area contributed by atoms with Crippen LogP contribution < -0.4 is 0 Å². The lowest BCUT2D eigenvalue weighted by atomic mass is 10.3. The van der Waals surface area contributed by atoms with E-state index in [1.165, 1.54) is 0 Å². The molecule has 0 atom stereocenters. The van der Waals surface area contributed by atoms with Gasteiger partial charge in [-0.25, -0.2) is 0 Å². The van der Waals surface area contributed by atoms with Gasteiger partial charge in [-0.3, -0.25) is 4.68 Å². The summed E-state index contributed by atoms with van der Waals surface area (Å²) in [7, 11) is 0. The molecule has 3 heterocycles. The highest BCUT2D eigenvalue weighted by molar-refractivity contribution is 7.08. The van der Waals surface area contributed by atoms with Crippen LogP contribution in [-0.4, -0.2) is 19.9 Å². The third kappa shape index (κ3) is 1.84. The molecule has 0 amide bonds. The molecule has 0 radical (unpaired) electrons. The lowest BCUT2D eigenvalue weighted by molar-refractivity contribution is 0.427. The normalized spacial score (nSPS) is 11.0. The lowest BCUT2D eigenvalue weighted by Crippen LogP contribution is -1.99. The molecule has 3 rings (SSSR count). The fraction of sp³-hybridized carbons (Fsp3) is 0.250. The van der Waals surface area contributed by atoms with E-state index in [2.05, 4.69) is 15.2 Å². The van der Waals surface area contributed by atoms with Crippen molar-refractivity contribution in [3.05, 3.63) is 28.6 Å². The van der Waals surface area contributed by atoms with E-state index in [1.54, 1.807) is 11.3 Å². The minimum atomic E-state index is 0.513. The first-order valence-electron chi connectivity index (χ1n) is 5.69. The van der Waals surface area contributed by atoms with Crippen molar-refractivity contribution in [3.8, 4) is 23.0 Å². The van der Waals surface area contributed by atoms with E-state index in [1.807, 2.05) is 41.4 Å². The summed E-state index contributed by atoms with van der Waals surface area (Å²) in [6.45, 7) is 4.76. The standard InChI is InChI=1S/C12H12N4OS/c1-3-16-10(6-8(2)14-16)12-13-11(15-17-12)9-4-5-18-7-9/h4-7H,3H2,1-2H3. The van der Waals surface area contributed by atoms with Gasteiger partial charge in [0.1, 0.15) is 5.69 Å². The molecule has 3 aromatic rings. The van der Waals surface area contributed by atoms with Crippen LogP contribution in [0.4, 0.5) is 0 Å². The number of hydrogen-bond acceptors (Lipinski definition) is 5. The fourth-order valence-electron chi connectivity index (χ4n) is 1.80. The van der Waals surface area contributed by atoms with E-state index in [0.717, 1.165) is 23.5 Å². The van der Waals surface area contributed by atoms with Crippen molar-refractivity contribution in [2.75, 3.05) is 0 Å². The largest absolute Gasteiger partial charge is 0.332 e. The Morgan fingerprint density at radius 3 is 3.06 bits per heavy atom. The van der Waals surface area contributed by atoms with Crippen molar-refractivity contribution < 1.29 is 4.52 Å². The number of hydrogen-bond donors (Lipinski definition) is 0.